The van der Waals surface area contributed by atoms with Gasteiger partial charge in [0.15, 0.2) is 0 Å². The molecule has 2 heterocycles. The lowest BCUT2D eigenvalue weighted by Gasteiger charge is -2.12. The molecule has 0 aromatic carbocycles. The normalized spacial score (nSPS) is 19.2. The van der Waals surface area contributed by atoms with Crippen LogP contribution in [0.2, 0.25) is 0 Å². The van der Waals surface area contributed by atoms with Crippen molar-refractivity contribution in [1.29, 1.82) is 0 Å². The van der Waals surface area contributed by atoms with Crippen LogP contribution in [-0.4, -0.2) is 29.8 Å². The number of hydrogen-bond donors (Lipinski definition) is 1. The summed E-state index contributed by atoms with van der Waals surface area (Å²) in [5.74, 6) is 0.973. The lowest BCUT2D eigenvalue weighted by atomic mass is 10.1. The van der Waals surface area contributed by atoms with E-state index in [1.165, 1.54) is 0 Å². The van der Waals surface area contributed by atoms with Crippen molar-refractivity contribution >= 4 is 17.2 Å². The topological polar surface area (TPSA) is 57.4 Å². The van der Waals surface area contributed by atoms with Crippen LogP contribution in [-0.2, 0) is 4.74 Å². The number of thiocarbonyl (C=S) groups is 1. The molecule has 5 heteroatoms. The summed E-state index contributed by atoms with van der Waals surface area (Å²) in [4.78, 5) is 4.64. The molecule has 1 atom stereocenters. The van der Waals surface area contributed by atoms with E-state index in [0.29, 0.717) is 29.0 Å². The molecular formula is C12H16N2O2S. The first-order valence-electron chi connectivity index (χ1n) is 5.65. The Bertz CT molecular complexity index is 417. The van der Waals surface area contributed by atoms with Crippen LogP contribution in [0.5, 0.6) is 5.88 Å². The summed E-state index contributed by atoms with van der Waals surface area (Å²) in [7, 11) is 0. The number of rotatable bonds is 4. The molecule has 2 N–H and O–H groups in total. The molecule has 92 valence electrons. The van der Waals surface area contributed by atoms with Gasteiger partial charge in [-0.05, 0) is 25.5 Å². The molecular weight excluding hydrogens is 236 g/mol. The molecule has 1 fully saturated rings. The van der Waals surface area contributed by atoms with Crippen molar-refractivity contribution in [3.05, 3.63) is 23.4 Å². The van der Waals surface area contributed by atoms with Crippen molar-refractivity contribution in [3.63, 3.8) is 0 Å². The van der Waals surface area contributed by atoms with Gasteiger partial charge >= 0.3 is 0 Å². The van der Waals surface area contributed by atoms with Gasteiger partial charge in [-0.2, -0.15) is 0 Å². The van der Waals surface area contributed by atoms with Crippen molar-refractivity contribution in [2.75, 3.05) is 19.8 Å². The summed E-state index contributed by atoms with van der Waals surface area (Å²) in [6.07, 6.45) is 1.04. The van der Waals surface area contributed by atoms with Crippen LogP contribution in [0.15, 0.2) is 12.1 Å². The summed E-state index contributed by atoms with van der Waals surface area (Å²) in [6.45, 7) is 4.09. The number of aryl methyl sites for hydroxylation is 1. The average Bonchev–Trinajstić information content (AvgIpc) is 2.78. The Balaban J connectivity index is 2.07. The number of aromatic nitrogens is 1. The molecule has 1 aliphatic heterocycles. The maximum absolute atomic E-state index is 5.70. The Labute approximate surface area is 106 Å². The van der Waals surface area contributed by atoms with Gasteiger partial charge in [0.05, 0.1) is 18.8 Å². The van der Waals surface area contributed by atoms with Gasteiger partial charge in [0.25, 0.3) is 0 Å². The second-order valence-electron chi connectivity index (χ2n) is 4.21. The molecule has 4 nitrogen and oxygen atoms in total. The van der Waals surface area contributed by atoms with Crippen LogP contribution in [0.1, 0.15) is 17.7 Å². The van der Waals surface area contributed by atoms with E-state index >= 15 is 0 Å². The highest BCUT2D eigenvalue weighted by Crippen LogP contribution is 2.19. The summed E-state index contributed by atoms with van der Waals surface area (Å²) < 4.78 is 11.0. The summed E-state index contributed by atoms with van der Waals surface area (Å²) in [6, 6.07) is 3.73. The molecule has 0 spiro atoms. The molecule has 0 saturated carbocycles. The van der Waals surface area contributed by atoms with Crippen LogP contribution < -0.4 is 10.5 Å². The van der Waals surface area contributed by atoms with Gasteiger partial charge in [-0.25, -0.2) is 4.98 Å². The molecule has 0 bridgehead atoms. The van der Waals surface area contributed by atoms with Crippen molar-refractivity contribution < 1.29 is 9.47 Å². The largest absolute Gasteiger partial charge is 0.477 e. The fraction of sp³-hybridized carbons (Fsp3) is 0.500. The van der Waals surface area contributed by atoms with E-state index < -0.39 is 0 Å². The minimum absolute atomic E-state index is 0.315. The minimum atomic E-state index is 0.315. The lowest BCUT2D eigenvalue weighted by Crippen LogP contribution is -2.17. The van der Waals surface area contributed by atoms with Gasteiger partial charge in [-0.1, -0.05) is 12.2 Å². The maximum atomic E-state index is 5.70. The summed E-state index contributed by atoms with van der Waals surface area (Å²) in [5, 5.41) is 0. The summed E-state index contributed by atoms with van der Waals surface area (Å²) >= 11 is 4.97. The third-order valence-electron chi connectivity index (χ3n) is 2.74. The van der Waals surface area contributed by atoms with Crippen molar-refractivity contribution in [3.8, 4) is 5.88 Å². The monoisotopic (exact) mass is 252 g/mol. The Morgan fingerprint density at radius 1 is 1.65 bits per heavy atom. The molecule has 1 aliphatic rings. The lowest BCUT2D eigenvalue weighted by molar-refractivity contribution is 0.165. The van der Waals surface area contributed by atoms with Crippen LogP contribution in [0.25, 0.3) is 0 Å². The van der Waals surface area contributed by atoms with Gasteiger partial charge in [0.1, 0.15) is 4.99 Å². The average molecular weight is 252 g/mol. The van der Waals surface area contributed by atoms with E-state index in [2.05, 4.69) is 4.98 Å². The smallest absolute Gasteiger partial charge is 0.223 e. The predicted octanol–water partition coefficient (Wildman–Crippen LogP) is 1.44. The zero-order valence-electron chi connectivity index (χ0n) is 9.81. The van der Waals surface area contributed by atoms with E-state index in [-0.39, 0.29) is 0 Å². The minimum Gasteiger partial charge on any atom is -0.477 e. The molecule has 0 radical (unpaired) electrons. The van der Waals surface area contributed by atoms with Crippen LogP contribution in [0, 0.1) is 12.8 Å². The second-order valence-corrected chi connectivity index (χ2v) is 4.65. The predicted molar refractivity (Wildman–Crippen MR) is 69.3 cm³/mol. The number of nitrogens with two attached hydrogens (primary N) is 1. The first-order valence-corrected chi connectivity index (χ1v) is 6.05. The van der Waals surface area contributed by atoms with Crippen molar-refractivity contribution in [2.45, 2.75) is 13.3 Å². The zero-order chi connectivity index (χ0) is 12.3. The van der Waals surface area contributed by atoms with Gasteiger partial charge in [0, 0.05) is 18.2 Å². The first-order chi connectivity index (χ1) is 8.16. The molecule has 2 rings (SSSR count). The highest BCUT2D eigenvalue weighted by atomic mass is 32.1. The number of hydrogen-bond acceptors (Lipinski definition) is 4. The van der Waals surface area contributed by atoms with Gasteiger partial charge in [-0.3, -0.25) is 0 Å². The van der Waals surface area contributed by atoms with Crippen molar-refractivity contribution in [1.82, 2.24) is 4.98 Å². The van der Waals surface area contributed by atoms with Crippen LogP contribution >= 0.6 is 12.2 Å². The fourth-order valence-electron chi connectivity index (χ4n) is 1.74. The quantitative estimate of drug-likeness (QED) is 0.822. The van der Waals surface area contributed by atoms with Crippen LogP contribution in [0.4, 0.5) is 0 Å². The van der Waals surface area contributed by atoms with E-state index in [1.807, 2.05) is 19.1 Å². The molecule has 0 aliphatic carbocycles. The van der Waals surface area contributed by atoms with E-state index in [0.717, 1.165) is 25.3 Å². The Hall–Kier alpha value is -1.20. The van der Waals surface area contributed by atoms with Gasteiger partial charge in [0.2, 0.25) is 5.88 Å². The zero-order valence-corrected chi connectivity index (χ0v) is 10.6. The number of ether oxygens (including phenoxy) is 2. The molecule has 1 saturated heterocycles. The Kier molecular flexibility index (Phi) is 3.91. The molecule has 1 aromatic heterocycles. The molecule has 17 heavy (non-hydrogen) atoms. The van der Waals surface area contributed by atoms with E-state index in [4.69, 9.17) is 27.4 Å². The number of nitrogens with zero attached hydrogens (tertiary/aromatic N) is 1. The third kappa shape index (κ3) is 3.14. The molecule has 1 aromatic rings. The maximum Gasteiger partial charge on any atom is 0.223 e. The second kappa shape index (κ2) is 5.42. The first kappa shape index (κ1) is 12.3. The summed E-state index contributed by atoms with van der Waals surface area (Å²) in [5.41, 5.74) is 7.23. The SMILES string of the molecule is Cc1ccc(C(N)=S)c(OCC2CCOC2)n1. The Morgan fingerprint density at radius 2 is 2.47 bits per heavy atom. The standard InChI is InChI=1S/C12H16N2O2S/c1-8-2-3-10(11(13)17)12(14-8)16-7-9-4-5-15-6-9/h2-3,9H,4-7H2,1H3,(H2,13,17). The Morgan fingerprint density at radius 3 is 3.12 bits per heavy atom. The van der Waals surface area contributed by atoms with E-state index in [1.54, 1.807) is 0 Å². The molecule has 1 unspecified atom stereocenters. The fourth-order valence-corrected chi connectivity index (χ4v) is 1.90. The van der Waals surface area contributed by atoms with Gasteiger partial charge in [-0.15, -0.1) is 0 Å². The van der Waals surface area contributed by atoms with Crippen LogP contribution in [0.3, 0.4) is 0 Å². The highest BCUT2D eigenvalue weighted by molar-refractivity contribution is 7.80. The highest BCUT2D eigenvalue weighted by Gasteiger charge is 2.17. The third-order valence-corrected chi connectivity index (χ3v) is 2.96. The number of pyridine rings is 1. The van der Waals surface area contributed by atoms with Gasteiger partial charge < -0.3 is 15.2 Å². The van der Waals surface area contributed by atoms with Crippen molar-refractivity contribution in [2.24, 2.45) is 11.7 Å². The van der Waals surface area contributed by atoms with E-state index in [9.17, 15) is 0 Å². The molecule has 0 amide bonds.